The van der Waals surface area contributed by atoms with Crippen LogP contribution in [0.5, 0.6) is 0 Å². The van der Waals surface area contributed by atoms with Crippen LogP contribution in [0.2, 0.25) is 0 Å². The van der Waals surface area contributed by atoms with E-state index in [0.717, 1.165) is 6.42 Å². The van der Waals surface area contributed by atoms with E-state index in [1.54, 1.807) is 31.2 Å². The van der Waals surface area contributed by atoms with Gasteiger partial charge in [0.2, 0.25) is 5.91 Å². The highest BCUT2D eigenvalue weighted by Gasteiger charge is 2.44. The summed E-state index contributed by atoms with van der Waals surface area (Å²) in [4.78, 5) is 24.4. The Balaban J connectivity index is 1.69. The molecule has 2 unspecified atom stereocenters. The maximum atomic E-state index is 12.4. The second-order valence-electron chi connectivity index (χ2n) is 5.61. The summed E-state index contributed by atoms with van der Waals surface area (Å²) < 4.78 is 5.03. The summed E-state index contributed by atoms with van der Waals surface area (Å²) >= 11 is 0. The van der Waals surface area contributed by atoms with Crippen molar-refractivity contribution in [2.45, 2.75) is 19.3 Å². The number of carbonyl (C=O) groups is 2. The molecule has 0 aromatic heterocycles. The van der Waals surface area contributed by atoms with Crippen molar-refractivity contribution in [2.75, 3.05) is 11.9 Å². The van der Waals surface area contributed by atoms with Crippen molar-refractivity contribution in [1.82, 2.24) is 0 Å². The number of carbonyl (C=O) groups excluding carboxylic acids is 2. The van der Waals surface area contributed by atoms with Crippen LogP contribution < -0.4 is 5.32 Å². The van der Waals surface area contributed by atoms with Crippen LogP contribution in [-0.2, 0) is 9.53 Å². The van der Waals surface area contributed by atoms with Crippen LogP contribution in [0, 0.1) is 5.92 Å². The van der Waals surface area contributed by atoms with E-state index in [0.29, 0.717) is 17.9 Å². The molecule has 1 aliphatic carbocycles. The largest absolute Gasteiger partial charge is 0.462 e. The van der Waals surface area contributed by atoms with Crippen LogP contribution in [0.3, 0.4) is 0 Å². The van der Waals surface area contributed by atoms with Crippen molar-refractivity contribution in [1.29, 1.82) is 0 Å². The zero-order valence-corrected chi connectivity index (χ0v) is 13.0. The summed E-state index contributed by atoms with van der Waals surface area (Å²) in [7, 11) is 0. The zero-order chi connectivity index (χ0) is 16.2. The molecule has 118 valence electrons. The number of para-hydroxylation sites is 1. The number of hydrogen-bond acceptors (Lipinski definition) is 3. The Morgan fingerprint density at radius 3 is 2.52 bits per heavy atom. The highest BCUT2D eigenvalue weighted by molar-refractivity contribution is 6.02. The van der Waals surface area contributed by atoms with Crippen molar-refractivity contribution in [3.05, 3.63) is 65.7 Å². The van der Waals surface area contributed by atoms with Crippen LogP contribution in [-0.4, -0.2) is 18.5 Å². The van der Waals surface area contributed by atoms with Gasteiger partial charge in [-0.25, -0.2) is 4.79 Å². The van der Waals surface area contributed by atoms with Gasteiger partial charge in [0, 0.05) is 5.92 Å². The van der Waals surface area contributed by atoms with Gasteiger partial charge in [0.25, 0.3) is 0 Å². The van der Waals surface area contributed by atoms with E-state index in [9.17, 15) is 9.59 Å². The molecule has 2 atom stereocenters. The van der Waals surface area contributed by atoms with Gasteiger partial charge in [-0.1, -0.05) is 42.5 Å². The fourth-order valence-electron chi connectivity index (χ4n) is 2.76. The lowest BCUT2D eigenvalue weighted by Crippen LogP contribution is -2.17. The molecule has 4 nitrogen and oxygen atoms in total. The molecule has 0 bridgehead atoms. The van der Waals surface area contributed by atoms with Crippen molar-refractivity contribution < 1.29 is 14.3 Å². The maximum Gasteiger partial charge on any atom is 0.340 e. The van der Waals surface area contributed by atoms with E-state index in [1.165, 1.54) is 5.56 Å². The number of hydrogen-bond donors (Lipinski definition) is 1. The number of amides is 1. The fraction of sp³-hybridized carbons (Fsp3) is 0.263. The molecule has 1 N–H and O–H groups in total. The lowest BCUT2D eigenvalue weighted by atomic mass is 10.1. The standard InChI is InChI=1S/C19H19NO3/c1-2-23-19(22)14-10-6-7-11-17(14)20-18(21)16-12-15(16)13-8-4-3-5-9-13/h3-11,15-16H,2,12H2,1H3,(H,20,21). The molecule has 1 amide bonds. The van der Waals surface area contributed by atoms with Crippen molar-refractivity contribution in [3.63, 3.8) is 0 Å². The minimum atomic E-state index is -0.418. The highest BCUT2D eigenvalue weighted by Crippen LogP contribution is 2.47. The van der Waals surface area contributed by atoms with E-state index in [-0.39, 0.29) is 17.7 Å². The van der Waals surface area contributed by atoms with Crippen LogP contribution in [0.1, 0.15) is 35.2 Å². The Morgan fingerprint density at radius 2 is 1.78 bits per heavy atom. The molecule has 1 aliphatic rings. The van der Waals surface area contributed by atoms with Crippen molar-refractivity contribution in [2.24, 2.45) is 5.92 Å². The molecule has 23 heavy (non-hydrogen) atoms. The van der Waals surface area contributed by atoms with E-state index in [1.807, 2.05) is 30.3 Å². The van der Waals surface area contributed by atoms with Gasteiger partial charge in [-0.05, 0) is 37.0 Å². The first-order valence-corrected chi connectivity index (χ1v) is 7.82. The Bertz CT molecular complexity index is 712. The van der Waals surface area contributed by atoms with Crippen molar-refractivity contribution >= 4 is 17.6 Å². The van der Waals surface area contributed by atoms with Crippen LogP contribution in [0.4, 0.5) is 5.69 Å². The first-order chi connectivity index (χ1) is 11.2. The highest BCUT2D eigenvalue weighted by atomic mass is 16.5. The fourth-order valence-corrected chi connectivity index (χ4v) is 2.76. The lowest BCUT2D eigenvalue weighted by molar-refractivity contribution is -0.117. The molecule has 2 aromatic carbocycles. The number of ether oxygens (including phenoxy) is 1. The number of esters is 1. The maximum absolute atomic E-state index is 12.4. The molecule has 0 heterocycles. The monoisotopic (exact) mass is 309 g/mol. The molecule has 1 fully saturated rings. The number of rotatable bonds is 5. The predicted octanol–water partition coefficient (Wildman–Crippen LogP) is 3.61. The third-order valence-electron chi connectivity index (χ3n) is 4.04. The SMILES string of the molecule is CCOC(=O)c1ccccc1NC(=O)C1CC1c1ccccc1. The van der Waals surface area contributed by atoms with Gasteiger partial charge >= 0.3 is 5.97 Å². The molecule has 3 rings (SSSR count). The van der Waals surface area contributed by atoms with Gasteiger partial charge < -0.3 is 10.1 Å². The molecule has 4 heteroatoms. The number of anilines is 1. The third-order valence-corrected chi connectivity index (χ3v) is 4.04. The predicted molar refractivity (Wildman–Crippen MR) is 88.3 cm³/mol. The summed E-state index contributed by atoms with van der Waals surface area (Å²) in [6.45, 7) is 2.06. The van der Waals surface area contributed by atoms with Gasteiger partial charge in [-0.3, -0.25) is 4.79 Å². The van der Waals surface area contributed by atoms with Gasteiger partial charge in [0.05, 0.1) is 17.9 Å². The third kappa shape index (κ3) is 3.42. The smallest absolute Gasteiger partial charge is 0.340 e. The molecule has 1 saturated carbocycles. The Labute approximate surface area is 135 Å². The summed E-state index contributed by atoms with van der Waals surface area (Å²) in [5, 5.41) is 2.87. The first kappa shape index (κ1) is 15.3. The summed E-state index contributed by atoms with van der Waals surface area (Å²) in [6, 6.07) is 17.0. The molecule has 0 aliphatic heterocycles. The van der Waals surface area contributed by atoms with Gasteiger partial charge in [0.15, 0.2) is 0 Å². The zero-order valence-electron chi connectivity index (χ0n) is 13.0. The minimum absolute atomic E-state index is 0.0346. The molecule has 0 spiro atoms. The molecule has 0 radical (unpaired) electrons. The second kappa shape index (κ2) is 6.65. The normalized spacial score (nSPS) is 19.0. The van der Waals surface area contributed by atoms with E-state index >= 15 is 0 Å². The van der Waals surface area contributed by atoms with E-state index in [2.05, 4.69) is 5.32 Å². The number of benzene rings is 2. The topological polar surface area (TPSA) is 55.4 Å². The summed E-state index contributed by atoms with van der Waals surface area (Å²) in [5.41, 5.74) is 2.08. The molecule has 2 aromatic rings. The van der Waals surface area contributed by atoms with Gasteiger partial charge in [-0.2, -0.15) is 0 Å². The van der Waals surface area contributed by atoms with E-state index in [4.69, 9.17) is 4.74 Å². The van der Waals surface area contributed by atoms with Crippen LogP contribution in [0.25, 0.3) is 0 Å². The molecular formula is C19H19NO3. The molecule has 0 saturated heterocycles. The Kier molecular flexibility index (Phi) is 4.42. The average Bonchev–Trinajstić information content (AvgIpc) is 3.37. The van der Waals surface area contributed by atoms with Crippen molar-refractivity contribution in [3.8, 4) is 0 Å². The Hall–Kier alpha value is -2.62. The second-order valence-corrected chi connectivity index (χ2v) is 5.61. The molecular weight excluding hydrogens is 290 g/mol. The first-order valence-electron chi connectivity index (χ1n) is 7.82. The minimum Gasteiger partial charge on any atom is -0.462 e. The average molecular weight is 309 g/mol. The van der Waals surface area contributed by atoms with E-state index < -0.39 is 5.97 Å². The lowest BCUT2D eigenvalue weighted by Gasteiger charge is -2.10. The number of nitrogens with one attached hydrogen (secondary N) is 1. The van der Waals surface area contributed by atoms with Crippen LogP contribution >= 0.6 is 0 Å². The van der Waals surface area contributed by atoms with Gasteiger partial charge in [0.1, 0.15) is 0 Å². The quantitative estimate of drug-likeness (QED) is 0.859. The summed E-state index contributed by atoms with van der Waals surface area (Å²) in [5.74, 6) is -0.229. The Morgan fingerprint density at radius 1 is 1.09 bits per heavy atom. The van der Waals surface area contributed by atoms with Gasteiger partial charge in [-0.15, -0.1) is 0 Å². The summed E-state index contributed by atoms with van der Waals surface area (Å²) in [6.07, 6.45) is 0.845. The van der Waals surface area contributed by atoms with Crippen LogP contribution in [0.15, 0.2) is 54.6 Å².